The molecule has 3 aromatic heterocycles. The van der Waals surface area contributed by atoms with Crippen LogP contribution in [0.4, 0.5) is 10.2 Å². The summed E-state index contributed by atoms with van der Waals surface area (Å²) in [5, 5.41) is 14.3. The molecule has 0 aliphatic carbocycles. The highest BCUT2D eigenvalue weighted by Gasteiger charge is 2.39. The molecular weight excluding hydrogens is 662 g/mol. The van der Waals surface area contributed by atoms with E-state index in [1.807, 2.05) is 16.0 Å². The van der Waals surface area contributed by atoms with E-state index in [9.17, 15) is 4.39 Å². The molecule has 3 aromatic carbocycles. The maximum atomic E-state index is 13.5. The average molecular weight is 706 g/mol. The molecule has 1 aliphatic rings. The van der Waals surface area contributed by atoms with Crippen LogP contribution in [0.5, 0.6) is 0 Å². The summed E-state index contributed by atoms with van der Waals surface area (Å²) >= 11 is 1.49. The van der Waals surface area contributed by atoms with Gasteiger partial charge in [-0.15, -0.1) is 16.4 Å². The number of aromatic nitrogens is 4. The van der Waals surface area contributed by atoms with Gasteiger partial charge in [0.2, 0.25) is 9.04 Å². The largest absolute Gasteiger partial charge is 0.406 e. The molecule has 258 valence electrons. The summed E-state index contributed by atoms with van der Waals surface area (Å²) in [4.78, 5) is 12.1. The number of benzene rings is 3. The number of imidazole rings is 1. The predicted molar refractivity (Wildman–Crippen MR) is 204 cm³/mol. The van der Waals surface area contributed by atoms with Gasteiger partial charge >= 0.3 is 0 Å². The monoisotopic (exact) mass is 705 g/mol. The van der Waals surface area contributed by atoms with E-state index in [4.69, 9.17) is 25.2 Å². The molecule has 3 atom stereocenters. The minimum absolute atomic E-state index is 0.0461. The summed E-state index contributed by atoms with van der Waals surface area (Å²) in [6.45, 7) is 11.3. The van der Waals surface area contributed by atoms with E-state index in [-0.39, 0.29) is 23.4 Å². The molecule has 6 aromatic rings. The second-order valence-electron chi connectivity index (χ2n) is 13.9. The summed E-state index contributed by atoms with van der Waals surface area (Å²) in [5.41, 5.74) is 11.0. The van der Waals surface area contributed by atoms with Crippen LogP contribution in [-0.4, -0.2) is 60.4 Å². The van der Waals surface area contributed by atoms with E-state index >= 15 is 0 Å². The first kappa shape index (κ1) is 34.2. The molecule has 1 saturated heterocycles. The number of rotatable bonds is 10. The first-order valence-corrected chi connectivity index (χ1v) is 19.8. The van der Waals surface area contributed by atoms with Gasteiger partial charge in [-0.3, -0.25) is 0 Å². The summed E-state index contributed by atoms with van der Waals surface area (Å²) in [5.74, 6) is 0.597. The number of nitrogens with zero attached hydrogens (tertiary/aromatic N) is 5. The van der Waals surface area contributed by atoms with Gasteiger partial charge in [-0.05, 0) is 58.6 Å². The molecule has 0 radical (unpaired) electrons. The van der Waals surface area contributed by atoms with Crippen LogP contribution in [0.15, 0.2) is 102 Å². The Balaban J connectivity index is 1.17. The molecule has 0 bridgehead atoms. The molecule has 1 aliphatic heterocycles. The SMILES string of the molecule is CCc1nc2ccc(N3CCN[C@H](C(O[SiH](c4ccccc4)c4ccccc4)C(C)(C)C)C3)nn2c1C(N)c1nc(-c2ccc(F)cc2)cs1. The lowest BCUT2D eigenvalue weighted by Crippen LogP contribution is -2.62. The number of anilines is 1. The molecule has 11 heteroatoms. The van der Waals surface area contributed by atoms with Gasteiger partial charge in [0.25, 0.3) is 0 Å². The van der Waals surface area contributed by atoms with E-state index in [2.05, 4.69) is 105 Å². The summed E-state index contributed by atoms with van der Waals surface area (Å²) in [6, 6.07) is 31.4. The van der Waals surface area contributed by atoms with Crippen LogP contribution in [0, 0.1) is 11.2 Å². The van der Waals surface area contributed by atoms with Crippen LogP contribution in [0.25, 0.3) is 16.9 Å². The molecule has 3 N–H and O–H groups in total. The van der Waals surface area contributed by atoms with E-state index in [0.29, 0.717) is 6.42 Å². The number of fused-ring (bicyclic) bond motifs is 1. The Bertz CT molecular complexity index is 1990. The molecule has 7 rings (SSSR count). The van der Waals surface area contributed by atoms with Crippen LogP contribution >= 0.6 is 11.3 Å². The third-order valence-electron chi connectivity index (χ3n) is 9.37. The van der Waals surface area contributed by atoms with Gasteiger partial charge in [-0.2, -0.15) is 0 Å². The molecule has 2 unspecified atom stereocenters. The highest BCUT2D eigenvalue weighted by Crippen LogP contribution is 2.32. The van der Waals surface area contributed by atoms with Gasteiger partial charge < -0.3 is 20.4 Å². The quantitative estimate of drug-likeness (QED) is 0.186. The molecule has 0 amide bonds. The molecular formula is C39H44FN7OSSi. The lowest BCUT2D eigenvalue weighted by atomic mass is 9.84. The lowest BCUT2D eigenvalue weighted by Gasteiger charge is -2.44. The Hall–Kier alpha value is -4.26. The van der Waals surface area contributed by atoms with Gasteiger partial charge in [0.1, 0.15) is 22.7 Å². The maximum absolute atomic E-state index is 13.5. The van der Waals surface area contributed by atoms with Crippen molar-refractivity contribution in [2.75, 3.05) is 24.5 Å². The average Bonchev–Trinajstić information content (AvgIpc) is 3.78. The number of hydrogen-bond acceptors (Lipinski definition) is 8. The topological polar surface area (TPSA) is 93.6 Å². The van der Waals surface area contributed by atoms with Crippen molar-refractivity contribution < 1.29 is 8.82 Å². The third-order valence-corrected chi connectivity index (χ3v) is 12.8. The van der Waals surface area contributed by atoms with Gasteiger partial charge in [0.15, 0.2) is 5.65 Å². The molecule has 50 heavy (non-hydrogen) atoms. The van der Waals surface area contributed by atoms with Crippen LogP contribution in [0.3, 0.4) is 0 Å². The van der Waals surface area contributed by atoms with Gasteiger partial charge in [0.05, 0.1) is 29.2 Å². The third kappa shape index (κ3) is 7.14. The summed E-state index contributed by atoms with van der Waals surface area (Å²) < 4.78 is 22.8. The van der Waals surface area contributed by atoms with E-state index in [1.54, 1.807) is 12.1 Å². The highest BCUT2D eigenvalue weighted by atomic mass is 32.1. The fraction of sp³-hybridized carbons (Fsp3) is 0.308. The van der Waals surface area contributed by atoms with Crippen LogP contribution in [0.2, 0.25) is 0 Å². The van der Waals surface area contributed by atoms with Crippen LogP contribution in [0.1, 0.15) is 50.1 Å². The van der Waals surface area contributed by atoms with Crippen molar-refractivity contribution >= 4 is 42.2 Å². The second-order valence-corrected chi connectivity index (χ2v) is 17.2. The lowest BCUT2D eigenvalue weighted by molar-refractivity contribution is 0.0513. The van der Waals surface area contributed by atoms with E-state index < -0.39 is 15.1 Å². The van der Waals surface area contributed by atoms with Gasteiger partial charge in [-0.25, -0.2) is 18.9 Å². The van der Waals surface area contributed by atoms with Crippen molar-refractivity contribution in [1.29, 1.82) is 0 Å². The molecule has 8 nitrogen and oxygen atoms in total. The Morgan fingerprint density at radius 1 is 0.960 bits per heavy atom. The van der Waals surface area contributed by atoms with Gasteiger partial charge in [0, 0.05) is 30.6 Å². The number of nitrogens with two attached hydrogens (primary N) is 1. The zero-order valence-corrected chi connectivity index (χ0v) is 30.9. The highest BCUT2D eigenvalue weighted by molar-refractivity contribution is 7.10. The fourth-order valence-corrected chi connectivity index (χ4v) is 10.4. The standard InChI is InChI=1S/C39H44FN7OSSi/c1-5-30-36(35(41)38-44-32(25-49-38)26-16-18-27(40)19-17-26)47-33(43-30)20-21-34(45-47)46-23-22-42-31(24-46)37(39(2,3)4)48-50(28-12-8-6-9-13-28)29-14-10-7-11-15-29/h6-21,25,31,35,37,42,50H,5,22-24,41H2,1-4H3/t31-,35?,37?/m0/s1. The first-order valence-electron chi connectivity index (χ1n) is 17.3. The number of aryl methyl sites for hydroxylation is 1. The number of halogens is 1. The minimum Gasteiger partial charge on any atom is -0.406 e. The smallest absolute Gasteiger partial charge is 0.240 e. The van der Waals surface area contributed by atoms with Crippen LogP contribution in [-0.2, 0) is 10.8 Å². The Labute approximate surface area is 298 Å². The zero-order valence-electron chi connectivity index (χ0n) is 29.0. The van der Waals surface area contributed by atoms with Crippen molar-refractivity contribution in [2.24, 2.45) is 11.1 Å². The van der Waals surface area contributed by atoms with Crippen molar-refractivity contribution in [3.8, 4) is 11.3 Å². The first-order chi connectivity index (χ1) is 24.2. The Kier molecular flexibility index (Phi) is 9.94. The van der Waals surface area contributed by atoms with E-state index in [1.165, 1.54) is 33.8 Å². The Morgan fingerprint density at radius 3 is 2.28 bits per heavy atom. The number of thiazole rings is 1. The minimum atomic E-state index is -2.00. The normalized spacial score (nSPS) is 16.6. The number of piperazine rings is 1. The van der Waals surface area contributed by atoms with Crippen molar-refractivity contribution in [2.45, 2.75) is 52.3 Å². The molecule has 0 spiro atoms. The van der Waals surface area contributed by atoms with Gasteiger partial charge in [-0.1, -0.05) is 88.4 Å². The number of nitrogens with one attached hydrogen (secondary N) is 1. The molecule has 0 saturated carbocycles. The van der Waals surface area contributed by atoms with Crippen molar-refractivity contribution in [3.05, 3.63) is 125 Å². The zero-order chi connectivity index (χ0) is 34.8. The van der Waals surface area contributed by atoms with Crippen molar-refractivity contribution in [1.82, 2.24) is 24.9 Å². The maximum Gasteiger partial charge on any atom is 0.240 e. The molecule has 4 heterocycles. The summed E-state index contributed by atoms with van der Waals surface area (Å²) in [7, 11) is -2.00. The Morgan fingerprint density at radius 2 is 1.64 bits per heavy atom. The van der Waals surface area contributed by atoms with Crippen molar-refractivity contribution in [3.63, 3.8) is 0 Å². The van der Waals surface area contributed by atoms with E-state index in [0.717, 1.165) is 58.8 Å². The van der Waals surface area contributed by atoms with Crippen LogP contribution < -0.4 is 26.3 Å². The predicted octanol–water partition coefficient (Wildman–Crippen LogP) is 5.35. The summed E-state index contributed by atoms with van der Waals surface area (Å²) in [6.07, 6.45) is 0.668. The number of hydrogen-bond donors (Lipinski definition) is 2. The second kappa shape index (κ2) is 14.5. The fourth-order valence-electron chi connectivity index (χ4n) is 6.87. The molecule has 1 fully saturated rings.